The SMILES string of the molecule is CCCN1C(=O)C(=O)N(CC(=O)c2ccccc2)C1=O. The van der Waals surface area contributed by atoms with Gasteiger partial charge in [0.1, 0.15) is 0 Å². The Hall–Kier alpha value is -2.50. The minimum Gasteiger partial charge on any atom is -0.292 e. The standard InChI is InChI=1S/C14H14N2O4/c1-2-8-15-12(18)13(19)16(14(15)20)9-11(17)10-6-4-3-5-7-10/h3-7H,2,8-9H2,1H3. The van der Waals surface area contributed by atoms with Crippen LogP contribution in [0.25, 0.3) is 0 Å². The second-order valence-corrected chi connectivity index (χ2v) is 4.42. The van der Waals surface area contributed by atoms with E-state index in [1.54, 1.807) is 37.3 Å². The molecule has 0 radical (unpaired) electrons. The van der Waals surface area contributed by atoms with Crippen LogP contribution in [0.1, 0.15) is 23.7 Å². The minimum absolute atomic E-state index is 0.180. The Bertz CT molecular complexity index is 568. The van der Waals surface area contributed by atoms with Gasteiger partial charge in [-0.15, -0.1) is 0 Å². The van der Waals surface area contributed by atoms with Gasteiger partial charge >= 0.3 is 17.8 Å². The van der Waals surface area contributed by atoms with E-state index in [0.717, 1.165) is 4.90 Å². The molecule has 0 N–H and O–H groups in total. The highest BCUT2D eigenvalue weighted by Gasteiger charge is 2.44. The van der Waals surface area contributed by atoms with Crippen molar-refractivity contribution in [1.82, 2.24) is 9.80 Å². The summed E-state index contributed by atoms with van der Waals surface area (Å²) in [6.45, 7) is 1.57. The molecule has 1 saturated heterocycles. The van der Waals surface area contributed by atoms with Gasteiger partial charge < -0.3 is 0 Å². The smallest absolute Gasteiger partial charge is 0.292 e. The first-order valence-corrected chi connectivity index (χ1v) is 6.31. The zero-order valence-electron chi connectivity index (χ0n) is 11.0. The van der Waals surface area contributed by atoms with Gasteiger partial charge in [0, 0.05) is 12.1 Å². The fraction of sp³-hybridized carbons (Fsp3) is 0.286. The molecule has 1 aliphatic heterocycles. The van der Waals surface area contributed by atoms with Crippen molar-refractivity contribution in [3.8, 4) is 0 Å². The van der Waals surface area contributed by atoms with Crippen molar-refractivity contribution in [3.05, 3.63) is 35.9 Å². The summed E-state index contributed by atoms with van der Waals surface area (Å²) in [4.78, 5) is 48.9. The maximum atomic E-state index is 12.0. The molecule has 0 aromatic heterocycles. The third-order valence-corrected chi connectivity index (χ3v) is 2.98. The molecule has 2 rings (SSSR count). The first-order chi connectivity index (χ1) is 9.56. The summed E-state index contributed by atoms with van der Waals surface area (Å²) in [6.07, 6.45) is 0.561. The first kappa shape index (κ1) is 13.9. The van der Waals surface area contributed by atoms with Crippen LogP contribution in [-0.4, -0.2) is 46.5 Å². The Labute approximate surface area is 116 Å². The van der Waals surface area contributed by atoms with E-state index >= 15 is 0 Å². The average Bonchev–Trinajstić information content (AvgIpc) is 2.66. The molecule has 6 nitrogen and oxygen atoms in total. The minimum atomic E-state index is -0.937. The molecule has 0 spiro atoms. The van der Waals surface area contributed by atoms with Crippen molar-refractivity contribution >= 4 is 23.6 Å². The summed E-state index contributed by atoms with van der Waals surface area (Å²) < 4.78 is 0. The van der Waals surface area contributed by atoms with Crippen molar-refractivity contribution in [2.45, 2.75) is 13.3 Å². The summed E-state index contributed by atoms with van der Waals surface area (Å²) >= 11 is 0. The molecule has 4 amide bonds. The Morgan fingerprint density at radius 3 is 2.20 bits per heavy atom. The molecule has 0 saturated carbocycles. The zero-order valence-corrected chi connectivity index (χ0v) is 11.0. The zero-order chi connectivity index (χ0) is 14.7. The topological polar surface area (TPSA) is 74.8 Å². The molecule has 1 heterocycles. The van der Waals surface area contributed by atoms with Crippen LogP contribution < -0.4 is 0 Å². The van der Waals surface area contributed by atoms with Crippen LogP contribution in [0.15, 0.2) is 30.3 Å². The van der Waals surface area contributed by atoms with Crippen LogP contribution in [0.5, 0.6) is 0 Å². The molecule has 20 heavy (non-hydrogen) atoms. The van der Waals surface area contributed by atoms with Crippen LogP contribution in [0.3, 0.4) is 0 Å². The monoisotopic (exact) mass is 274 g/mol. The molecule has 0 aliphatic carbocycles. The van der Waals surface area contributed by atoms with Crippen LogP contribution in [0.2, 0.25) is 0 Å². The van der Waals surface area contributed by atoms with Crippen molar-refractivity contribution in [3.63, 3.8) is 0 Å². The van der Waals surface area contributed by atoms with Gasteiger partial charge in [-0.2, -0.15) is 0 Å². The van der Waals surface area contributed by atoms with Gasteiger partial charge in [-0.1, -0.05) is 37.3 Å². The summed E-state index contributed by atoms with van der Waals surface area (Å²) in [6, 6.07) is 7.62. The second-order valence-electron chi connectivity index (χ2n) is 4.42. The molecule has 1 aromatic rings. The lowest BCUT2D eigenvalue weighted by Crippen LogP contribution is -2.37. The summed E-state index contributed by atoms with van der Waals surface area (Å²) in [5.74, 6) is -2.18. The molecular formula is C14H14N2O4. The van der Waals surface area contributed by atoms with Crippen LogP contribution in [0, 0.1) is 0 Å². The van der Waals surface area contributed by atoms with E-state index < -0.39 is 24.4 Å². The third-order valence-electron chi connectivity index (χ3n) is 2.98. The van der Waals surface area contributed by atoms with Crippen molar-refractivity contribution in [2.24, 2.45) is 0 Å². The predicted octanol–water partition coefficient (Wildman–Crippen LogP) is 1.07. The maximum Gasteiger partial charge on any atom is 0.334 e. The van der Waals surface area contributed by atoms with E-state index in [1.165, 1.54) is 0 Å². The molecular weight excluding hydrogens is 260 g/mol. The highest BCUT2D eigenvalue weighted by atomic mass is 16.2. The van der Waals surface area contributed by atoms with Gasteiger partial charge in [0.25, 0.3) is 0 Å². The van der Waals surface area contributed by atoms with Crippen molar-refractivity contribution in [1.29, 1.82) is 0 Å². The quantitative estimate of drug-likeness (QED) is 0.457. The maximum absolute atomic E-state index is 12.0. The molecule has 1 fully saturated rings. The number of carbonyl (C=O) groups excluding carboxylic acids is 4. The Balaban J connectivity index is 2.14. The molecule has 1 aliphatic rings. The molecule has 6 heteroatoms. The predicted molar refractivity (Wildman–Crippen MR) is 69.9 cm³/mol. The number of benzene rings is 1. The lowest BCUT2D eigenvalue weighted by molar-refractivity contribution is -0.143. The van der Waals surface area contributed by atoms with Gasteiger partial charge in [0.05, 0.1) is 6.54 Å². The van der Waals surface area contributed by atoms with Crippen LogP contribution in [-0.2, 0) is 9.59 Å². The number of hydrogen-bond donors (Lipinski definition) is 0. The number of carbonyl (C=O) groups is 4. The summed E-state index contributed by atoms with van der Waals surface area (Å²) in [5.41, 5.74) is 0.398. The lowest BCUT2D eigenvalue weighted by atomic mass is 10.1. The molecule has 0 unspecified atom stereocenters. The van der Waals surface area contributed by atoms with E-state index in [1.807, 2.05) is 0 Å². The fourth-order valence-electron chi connectivity index (χ4n) is 1.97. The average molecular weight is 274 g/mol. The number of nitrogens with zero attached hydrogens (tertiary/aromatic N) is 2. The number of hydrogen-bond acceptors (Lipinski definition) is 4. The summed E-state index contributed by atoms with van der Waals surface area (Å²) in [7, 11) is 0. The van der Waals surface area contributed by atoms with E-state index in [4.69, 9.17) is 0 Å². The molecule has 0 atom stereocenters. The number of amides is 4. The molecule has 104 valence electrons. The number of ketones is 1. The van der Waals surface area contributed by atoms with Crippen LogP contribution in [0.4, 0.5) is 4.79 Å². The van der Waals surface area contributed by atoms with Crippen molar-refractivity contribution in [2.75, 3.05) is 13.1 Å². The van der Waals surface area contributed by atoms with E-state index in [0.29, 0.717) is 16.9 Å². The summed E-state index contributed by atoms with van der Waals surface area (Å²) in [5, 5.41) is 0. The highest BCUT2D eigenvalue weighted by Crippen LogP contribution is 2.13. The number of Topliss-reactive ketones (excluding diaryl/α,β-unsaturated/α-hetero) is 1. The van der Waals surface area contributed by atoms with Crippen LogP contribution >= 0.6 is 0 Å². The molecule has 1 aromatic carbocycles. The van der Waals surface area contributed by atoms with Gasteiger partial charge in [0.15, 0.2) is 5.78 Å². The van der Waals surface area contributed by atoms with Crippen molar-refractivity contribution < 1.29 is 19.2 Å². The van der Waals surface area contributed by atoms with E-state index in [-0.39, 0.29) is 12.3 Å². The number of rotatable bonds is 5. The van der Waals surface area contributed by atoms with Gasteiger partial charge in [-0.25, -0.2) is 9.69 Å². The number of urea groups is 1. The van der Waals surface area contributed by atoms with Gasteiger partial charge in [-0.05, 0) is 6.42 Å². The van der Waals surface area contributed by atoms with E-state index in [9.17, 15) is 19.2 Å². The Morgan fingerprint density at radius 2 is 1.60 bits per heavy atom. The highest BCUT2D eigenvalue weighted by molar-refractivity contribution is 6.45. The fourth-order valence-corrected chi connectivity index (χ4v) is 1.97. The second kappa shape index (κ2) is 5.64. The third kappa shape index (κ3) is 2.45. The van der Waals surface area contributed by atoms with Gasteiger partial charge in [-0.3, -0.25) is 19.3 Å². The number of imide groups is 2. The Morgan fingerprint density at radius 1 is 1.00 bits per heavy atom. The first-order valence-electron chi connectivity index (χ1n) is 6.31. The lowest BCUT2D eigenvalue weighted by Gasteiger charge is -2.14. The Kier molecular flexibility index (Phi) is 3.93. The normalized spacial score (nSPS) is 15.2. The van der Waals surface area contributed by atoms with E-state index in [2.05, 4.69) is 0 Å². The molecule has 0 bridgehead atoms. The largest absolute Gasteiger partial charge is 0.334 e. The van der Waals surface area contributed by atoms with Gasteiger partial charge in [0.2, 0.25) is 0 Å².